The molecule has 1 unspecified atom stereocenters. The number of amides is 2. The first-order valence-electron chi connectivity index (χ1n) is 8.86. The van der Waals surface area contributed by atoms with Crippen LogP contribution in [0.1, 0.15) is 11.1 Å². The van der Waals surface area contributed by atoms with Crippen molar-refractivity contribution < 1.29 is 32.4 Å². The van der Waals surface area contributed by atoms with E-state index >= 15 is 0 Å². The molecule has 156 valence electrons. The van der Waals surface area contributed by atoms with E-state index in [0.29, 0.717) is 10.6 Å². The van der Waals surface area contributed by atoms with Crippen molar-refractivity contribution >= 4 is 23.2 Å². The standard InChI is InChI=1S/C20H22F3N3O3/c1-13-5-4-6-14(2)19(13)25-18(28)12-26(3)11-17(27)24-15-7-9-16(10-8-15)29-20(21,22)23/h4-10H,11-12H2,1-3H3,(H,24,27)(H,25,28)/p+1. The van der Waals surface area contributed by atoms with Gasteiger partial charge in [0.25, 0.3) is 11.8 Å². The number of ether oxygens (including phenoxy) is 1. The maximum atomic E-state index is 12.2. The lowest BCUT2D eigenvalue weighted by Crippen LogP contribution is -3.11. The summed E-state index contributed by atoms with van der Waals surface area (Å²) in [7, 11) is 1.70. The average Bonchev–Trinajstić information content (AvgIpc) is 2.58. The van der Waals surface area contributed by atoms with Gasteiger partial charge in [0.05, 0.1) is 7.05 Å². The van der Waals surface area contributed by atoms with E-state index in [0.717, 1.165) is 28.9 Å². The summed E-state index contributed by atoms with van der Waals surface area (Å²) >= 11 is 0. The van der Waals surface area contributed by atoms with E-state index in [1.807, 2.05) is 32.0 Å². The van der Waals surface area contributed by atoms with Gasteiger partial charge in [-0.15, -0.1) is 13.2 Å². The molecule has 0 saturated carbocycles. The highest BCUT2D eigenvalue weighted by Gasteiger charge is 2.31. The summed E-state index contributed by atoms with van der Waals surface area (Å²) in [4.78, 5) is 25.0. The van der Waals surface area contributed by atoms with Crippen LogP contribution in [0.3, 0.4) is 0 Å². The van der Waals surface area contributed by atoms with E-state index in [4.69, 9.17) is 0 Å². The van der Waals surface area contributed by atoms with Crippen molar-refractivity contribution in [2.75, 3.05) is 30.8 Å². The van der Waals surface area contributed by atoms with Crippen LogP contribution >= 0.6 is 0 Å². The summed E-state index contributed by atoms with van der Waals surface area (Å²) in [5.41, 5.74) is 2.99. The van der Waals surface area contributed by atoms with Crippen LogP contribution < -0.4 is 20.3 Å². The van der Waals surface area contributed by atoms with Crippen molar-refractivity contribution in [1.29, 1.82) is 0 Å². The van der Waals surface area contributed by atoms with Gasteiger partial charge < -0.3 is 20.3 Å². The normalized spacial score (nSPS) is 12.2. The van der Waals surface area contributed by atoms with Crippen LogP contribution in [0.5, 0.6) is 5.75 Å². The smallest absolute Gasteiger partial charge is 0.406 e. The molecule has 1 atom stereocenters. The van der Waals surface area contributed by atoms with Crippen molar-refractivity contribution in [3.63, 3.8) is 0 Å². The number of anilines is 2. The number of nitrogens with one attached hydrogen (secondary N) is 3. The number of hydrogen-bond acceptors (Lipinski definition) is 3. The first-order chi connectivity index (χ1) is 13.5. The maximum Gasteiger partial charge on any atom is 0.573 e. The Morgan fingerprint density at radius 3 is 1.97 bits per heavy atom. The molecule has 0 aliphatic carbocycles. The van der Waals surface area contributed by atoms with Gasteiger partial charge in [0, 0.05) is 11.4 Å². The SMILES string of the molecule is Cc1cccc(C)c1NC(=O)C[NH+](C)CC(=O)Nc1ccc(OC(F)(F)F)cc1. The fourth-order valence-corrected chi connectivity index (χ4v) is 2.75. The van der Waals surface area contributed by atoms with Gasteiger partial charge in [0.1, 0.15) is 5.75 Å². The Morgan fingerprint density at radius 2 is 1.45 bits per heavy atom. The number of alkyl halides is 3. The second-order valence-electron chi connectivity index (χ2n) is 6.75. The topological polar surface area (TPSA) is 71.9 Å². The highest BCUT2D eigenvalue weighted by Crippen LogP contribution is 2.23. The fourth-order valence-electron chi connectivity index (χ4n) is 2.75. The first-order valence-corrected chi connectivity index (χ1v) is 8.86. The summed E-state index contributed by atoms with van der Waals surface area (Å²) in [6, 6.07) is 10.5. The predicted octanol–water partition coefficient (Wildman–Crippen LogP) is 2.29. The molecule has 0 saturated heterocycles. The number of benzene rings is 2. The van der Waals surface area contributed by atoms with E-state index in [1.165, 1.54) is 12.1 Å². The van der Waals surface area contributed by atoms with Crippen LogP contribution in [0.2, 0.25) is 0 Å². The Bertz CT molecular complexity index is 847. The molecule has 29 heavy (non-hydrogen) atoms. The molecular weight excluding hydrogens is 387 g/mol. The molecule has 0 aliphatic heterocycles. The third-order valence-electron chi connectivity index (χ3n) is 4.04. The van der Waals surface area contributed by atoms with Crippen LogP contribution in [0.25, 0.3) is 0 Å². The number of carbonyl (C=O) groups is 2. The number of aryl methyl sites for hydroxylation is 2. The summed E-state index contributed by atoms with van der Waals surface area (Å²) in [5.74, 6) is -0.963. The number of quaternary nitrogens is 1. The molecule has 6 nitrogen and oxygen atoms in total. The number of halogens is 3. The van der Waals surface area contributed by atoms with Gasteiger partial charge in [-0.2, -0.15) is 0 Å². The van der Waals surface area contributed by atoms with Crippen molar-refractivity contribution in [1.82, 2.24) is 0 Å². The molecule has 0 heterocycles. The molecule has 2 amide bonds. The molecule has 0 aliphatic rings. The highest BCUT2D eigenvalue weighted by molar-refractivity contribution is 5.94. The molecule has 0 fully saturated rings. The number of hydrogen-bond donors (Lipinski definition) is 3. The second-order valence-corrected chi connectivity index (χ2v) is 6.75. The minimum Gasteiger partial charge on any atom is -0.406 e. The molecule has 2 aromatic carbocycles. The van der Waals surface area contributed by atoms with Gasteiger partial charge in [0.2, 0.25) is 0 Å². The van der Waals surface area contributed by atoms with E-state index in [9.17, 15) is 22.8 Å². The predicted molar refractivity (Wildman–Crippen MR) is 103 cm³/mol. The van der Waals surface area contributed by atoms with E-state index in [1.54, 1.807) is 7.05 Å². The summed E-state index contributed by atoms with van der Waals surface area (Å²) in [5, 5.41) is 5.44. The van der Waals surface area contributed by atoms with Crippen LogP contribution in [-0.4, -0.2) is 38.3 Å². The Labute approximate surface area is 166 Å². The number of carbonyl (C=O) groups excluding carboxylic acids is 2. The summed E-state index contributed by atoms with van der Waals surface area (Å²) in [6.07, 6.45) is -4.77. The van der Waals surface area contributed by atoms with E-state index in [2.05, 4.69) is 15.4 Å². The minimum atomic E-state index is -4.77. The molecule has 3 N–H and O–H groups in total. The zero-order valence-corrected chi connectivity index (χ0v) is 16.3. The number of para-hydroxylation sites is 1. The molecule has 0 bridgehead atoms. The largest absolute Gasteiger partial charge is 0.573 e. The van der Waals surface area contributed by atoms with Crippen LogP contribution in [0.4, 0.5) is 24.5 Å². The summed E-state index contributed by atoms with van der Waals surface area (Å²) in [6.45, 7) is 3.90. The van der Waals surface area contributed by atoms with Gasteiger partial charge in [-0.05, 0) is 49.2 Å². The Morgan fingerprint density at radius 1 is 0.931 bits per heavy atom. The number of rotatable bonds is 7. The molecule has 0 aromatic heterocycles. The fraction of sp³-hybridized carbons (Fsp3) is 0.300. The third kappa shape index (κ3) is 7.46. The monoisotopic (exact) mass is 410 g/mol. The van der Waals surface area contributed by atoms with Gasteiger partial charge in [-0.3, -0.25) is 9.59 Å². The van der Waals surface area contributed by atoms with Gasteiger partial charge in [0.15, 0.2) is 13.1 Å². The van der Waals surface area contributed by atoms with Gasteiger partial charge in [-0.1, -0.05) is 18.2 Å². The molecule has 9 heteroatoms. The lowest BCUT2D eigenvalue weighted by Gasteiger charge is -2.15. The molecule has 0 spiro atoms. The van der Waals surface area contributed by atoms with E-state index in [-0.39, 0.29) is 30.7 Å². The lowest BCUT2D eigenvalue weighted by atomic mass is 10.1. The van der Waals surface area contributed by atoms with Crippen molar-refractivity contribution in [3.8, 4) is 5.75 Å². The molecule has 0 radical (unpaired) electrons. The quantitative estimate of drug-likeness (QED) is 0.656. The second kappa shape index (κ2) is 9.42. The van der Waals surface area contributed by atoms with Gasteiger partial charge in [-0.25, -0.2) is 0 Å². The molecule has 2 aromatic rings. The van der Waals surface area contributed by atoms with Crippen LogP contribution in [0.15, 0.2) is 42.5 Å². The molecule has 2 rings (SSSR count). The number of likely N-dealkylation sites (N-methyl/N-ethyl adjacent to an activating group) is 1. The third-order valence-corrected chi connectivity index (χ3v) is 4.04. The Balaban J connectivity index is 1.83. The zero-order chi connectivity index (χ0) is 21.6. The Hall–Kier alpha value is -3.07. The van der Waals surface area contributed by atoms with E-state index < -0.39 is 6.36 Å². The highest BCUT2D eigenvalue weighted by atomic mass is 19.4. The van der Waals surface area contributed by atoms with Crippen molar-refractivity contribution in [3.05, 3.63) is 53.6 Å². The average molecular weight is 410 g/mol. The molecular formula is C20H23F3N3O3+. The summed E-state index contributed by atoms with van der Waals surface area (Å²) < 4.78 is 40.2. The maximum absolute atomic E-state index is 12.2. The van der Waals surface area contributed by atoms with Crippen LogP contribution in [-0.2, 0) is 9.59 Å². The van der Waals surface area contributed by atoms with Crippen LogP contribution in [0, 0.1) is 13.8 Å². The first kappa shape index (κ1) is 22.2. The Kier molecular flexibility index (Phi) is 7.22. The zero-order valence-electron chi connectivity index (χ0n) is 16.3. The van der Waals surface area contributed by atoms with Crippen molar-refractivity contribution in [2.45, 2.75) is 20.2 Å². The lowest BCUT2D eigenvalue weighted by molar-refractivity contribution is -0.862. The minimum absolute atomic E-state index is 0.0149. The van der Waals surface area contributed by atoms with Crippen molar-refractivity contribution in [2.24, 2.45) is 0 Å². The van der Waals surface area contributed by atoms with Gasteiger partial charge >= 0.3 is 6.36 Å².